The number of carboxylic acids is 1. The molecule has 0 atom stereocenters. The highest BCUT2D eigenvalue weighted by Crippen LogP contribution is 2.33. The number of benzene rings is 2. The summed E-state index contributed by atoms with van der Waals surface area (Å²) in [6, 6.07) is 9.65. The van der Waals surface area contributed by atoms with Crippen molar-refractivity contribution in [3.05, 3.63) is 97.3 Å². The van der Waals surface area contributed by atoms with Crippen LogP contribution in [0, 0.1) is 6.92 Å². The molecule has 1 amide bonds. The van der Waals surface area contributed by atoms with E-state index < -0.39 is 47.2 Å². The minimum Gasteiger partial charge on any atom is -0.477 e. The maximum atomic E-state index is 13.3. The summed E-state index contributed by atoms with van der Waals surface area (Å²) in [5.41, 5.74) is -2.87. The number of hydrogen-bond donors (Lipinski definition) is 1. The van der Waals surface area contributed by atoms with Crippen molar-refractivity contribution < 1.29 is 32.6 Å². The van der Waals surface area contributed by atoms with Crippen molar-refractivity contribution >= 4 is 12.1 Å². The van der Waals surface area contributed by atoms with Crippen LogP contribution in [0.2, 0.25) is 0 Å². The summed E-state index contributed by atoms with van der Waals surface area (Å²) in [7, 11) is 0. The van der Waals surface area contributed by atoms with Crippen LogP contribution in [0.5, 0.6) is 0 Å². The zero-order valence-corrected chi connectivity index (χ0v) is 18.9. The average Bonchev–Trinajstić information content (AvgIpc) is 3.21. The van der Waals surface area contributed by atoms with Gasteiger partial charge in [0.1, 0.15) is 12.2 Å². The van der Waals surface area contributed by atoms with Gasteiger partial charge < -0.3 is 14.7 Å². The summed E-state index contributed by atoms with van der Waals surface area (Å²) in [6.45, 7) is 1.66. The Morgan fingerprint density at radius 1 is 1.06 bits per heavy atom. The van der Waals surface area contributed by atoms with Gasteiger partial charge in [0, 0.05) is 12.7 Å². The number of carbonyl (C=O) groups excluding carboxylic acids is 1. The fraction of sp³-hybridized carbons (Fsp3) is 0.250. The van der Waals surface area contributed by atoms with Gasteiger partial charge in [-0.3, -0.25) is 13.9 Å². The number of alkyl halides is 3. The number of ether oxygens (including phenoxy) is 1. The van der Waals surface area contributed by atoms with Crippen molar-refractivity contribution in [2.75, 3.05) is 13.2 Å². The Labute approximate surface area is 201 Å². The lowest BCUT2D eigenvalue weighted by Gasteiger charge is -2.16. The minimum atomic E-state index is -4.64. The molecule has 36 heavy (non-hydrogen) atoms. The monoisotopic (exact) mass is 503 g/mol. The molecule has 188 valence electrons. The first-order valence-corrected chi connectivity index (χ1v) is 10.7. The number of aromatic carboxylic acids is 1. The molecular weight excluding hydrogens is 483 g/mol. The highest BCUT2D eigenvalue weighted by Gasteiger charge is 2.33. The number of carbonyl (C=O) groups is 2. The molecule has 0 radical (unpaired) electrons. The van der Waals surface area contributed by atoms with Gasteiger partial charge in [-0.2, -0.15) is 13.2 Å². The van der Waals surface area contributed by atoms with Gasteiger partial charge in [-0.1, -0.05) is 24.3 Å². The summed E-state index contributed by atoms with van der Waals surface area (Å²) in [6.07, 6.45) is -4.20. The molecule has 0 saturated carbocycles. The number of cyclic esters (lactones) is 1. The van der Waals surface area contributed by atoms with Crippen molar-refractivity contribution in [3.63, 3.8) is 0 Å². The van der Waals surface area contributed by atoms with Crippen LogP contribution in [-0.4, -0.2) is 44.4 Å². The number of aromatic nitrogens is 2. The van der Waals surface area contributed by atoms with Crippen molar-refractivity contribution in [2.45, 2.75) is 26.2 Å². The van der Waals surface area contributed by atoms with E-state index in [1.54, 1.807) is 12.1 Å². The molecule has 9 nitrogen and oxygen atoms in total. The van der Waals surface area contributed by atoms with E-state index in [4.69, 9.17) is 4.74 Å². The highest BCUT2D eigenvalue weighted by molar-refractivity contribution is 5.86. The van der Waals surface area contributed by atoms with Gasteiger partial charge in [0.25, 0.3) is 5.56 Å². The van der Waals surface area contributed by atoms with Gasteiger partial charge in [0.15, 0.2) is 0 Å². The first-order chi connectivity index (χ1) is 17.0. The van der Waals surface area contributed by atoms with Crippen LogP contribution >= 0.6 is 0 Å². The standard InChI is InChI=1S/C24H20F3N3O6/c1-14-16(3-2-4-19(14)24(25,26)27)12-30-20(31)18(21(32)33)13-29(22(30)34)17-7-5-15(6-8-17)11-28-9-10-36-23(28)35/h2-8,13H,9-12H2,1H3,(H,32,33). The highest BCUT2D eigenvalue weighted by atomic mass is 19.4. The van der Waals surface area contributed by atoms with Crippen molar-refractivity contribution in [1.29, 1.82) is 0 Å². The molecule has 0 aliphatic carbocycles. The number of amides is 1. The van der Waals surface area contributed by atoms with Crippen LogP contribution in [0.25, 0.3) is 5.69 Å². The Hall–Kier alpha value is -4.35. The molecule has 1 N–H and O–H groups in total. The molecule has 0 unspecified atom stereocenters. The van der Waals surface area contributed by atoms with Crippen LogP contribution in [0.3, 0.4) is 0 Å². The molecule has 1 aliphatic heterocycles. The summed E-state index contributed by atoms with van der Waals surface area (Å²) >= 11 is 0. The first kappa shape index (κ1) is 24.8. The van der Waals surface area contributed by atoms with E-state index in [1.165, 1.54) is 30.0 Å². The molecule has 4 rings (SSSR count). The van der Waals surface area contributed by atoms with Crippen LogP contribution < -0.4 is 11.2 Å². The molecule has 2 aromatic carbocycles. The van der Waals surface area contributed by atoms with Crippen LogP contribution in [0.15, 0.2) is 58.3 Å². The van der Waals surface area contributed by atoms with Gasteiger partial charge >= 0.3 is 23.9 Å². The Morgan fingerprint density at radius 3 is 2.33 bits per heavy atom. The third kappa shape index (κ3) is 4.74. The molecule has 1 aromatic heterocycles. The van der Waals surface area contributed by atoms with E-state index in [0.717, 1.165) is 28.5 Å². The van der Waals surface area contributed by atoms with E-state index >= 15 is 0 Å². The molecule has 0 bridgehead atoms. The summed E-state index contributed by atoms with van der Waals surface area (Å²) in [5.74, 6) is -1.59. The fourth-order valence-corrected chi connectivity index (χ4v) is 3.96. The second-order valence-electron chi connectivity index (χ2n) is 8.18. The Morgan fingerprint density at radius 2 is 1.75 bits per heavy atom. The largest absolute Gasteiger partial charge is 0.477 e. The third-order valence-electron chi connectivity index (χ3n) is 5.91. The zero-order valence-electron chi connectivity index (χ0n) is 18.9. The number of rotatable bonds is 6. The zero-order chi connectivity index (χ0) is 26.2. The van der Waals surface area contributed by atoms with Gasteiger partial charge in [0.05, 0.1) is 24.3 Å². The van der Waals surface area contributed by atoms with E-state index in [9.17, 15) is 37.5 Å². The summed E-state index contributed by atoms with van der Waals surface area (Å²) in [4.78, 5) is 50.9. The first-order valence-electron chi connectivity index (χ1n) is 10.7. The van der Waals surface area contributed by atoms with Gasteiger partial charge in [-0.15, -0.1) is 0 Å². The Kier molecular flexibility index (Phi) is 6.44. The van der Waals surface area contributed by atoms with Gasteiger partial charge in [0.2, 0.25) is 0 Å². The lowest BCUT2D eigenvalue weighted by molar-refractivity contribution is -0.138. The summed E-state index contributed by atoms with van der Waals surface area (Å²) < 4.78 is 46.4. The number of nitrogens with zero attached hydrogens (tertiary/aromatic N) is 3. The molecule has 0 spiro atoms. The lowest BCUT2D eigenvalue weighted by atomic mass is 10.0. The van der Waals surface area contributed by atoms with E-state index in [-0.39, 0.29) is 30.0 Å². The van der Waals surface area contributed by atoms with E-state index in [2.05, 4.69) is 0 Å². The molecule has 1 aliphatic rings. The molecule has 1 saturated heterocycles. The van der Waals surface area contributed by atoms with E-state index in [0.29, 0.717) is 11.1 Å². The molecule has 3 aromatic rings. The lowest BCUT2D eigenvalue weighted by Crippen LogP contribution is -2.42. The third-order valence-corrected chi connectivity index (χ3v) is 5.91. The predicted molar refractivity (Wildman–Crippen MR) is 120 cm³/mol. The normalized spacial score (nSPS) is 13.7. The second-order valence-corrected chi connectivity index (χ2v) is 8.18. The molecule has 12 heteroatoms. The van der Waals surface area contributed by atoms with Crippen LogP contribution in [0.4, 0.5) is 18.0 Å². The number of halogens is 3. The van der Waals surface area contributed by atoms with Crippen LogP contribution in [-0.2, 0) is 24.0 Å². The quantitative estimate of drug-likeness (QED) is 0.554. The topological polar surface area (TPSA) is 111 Å². The van der Waals surface area contributed by atoms with Crippen molar-refractivity contribution in [2.24, 2.45) is 0 Å². The molecule has 2 heterocycles. The number of carboxylic acid groups (broad SMARTS) is 1. The van der Waals surface area contributed by atoms with Gasteiger partial charge in [-0.25, -0.2) is 14.4 Å². The van der Waals surface area contributed by atoms with Crippen LogP contribution in [0.1, 0.15) is 32.6 Å². The minimum absolute atomic E-state index is 0.0472. The maximum absolute atomic E-state index is 13.3. The predicted octanol–water partition coefficient (Wildman–Crippen LogP) is 3.03. The van der Waals surface area contributed by atoms with Crippen molar-refractivity contribution in [1.82, 2.24) is 14.0 Å². The van der Waals surface area contributed by atoms with Crippen molar-refractivity contribution in [3.8, 4) is 5.69 Å². The summed E-state index contributed by atoms with van der Waals surface area (Å²) in [5, 5.41) is 9.53. The Bertz CT molecular complexity index is 1460. The van der Waals surface area contributed by atoms with E-state index in [1.807, 2.05) is 0 Å². The molecular formula is C24H20F3N3O6. The number of hydrogen-bond acceptors (Lipinski definition) is 5. The fourth-order valence-electron chi connectivity index (χ4n) is 3.96. The molecule has 1 fully saturated rings. The Balaban J connectivity index is 1.75. The van der Waals surface area contributed by atoms with Gasteiger partial charge in [-0.05, 0) is 41.8 Å². The average molecular weight is 503 g/mol. The smallest absolute Gasteiger partial charge is 0.416 e. The SMILES string of the molecule is Cc1c(Cn2c(=O)c(C(=O)O)cn(-c3ccc(CN4CCOC4=O)cc3)c2=O)cccc1C(F)(F)F. The maximum Gasteiger partial charge on any atom is 0.416 e. The second kappa shape index (κ2) is 9.36.